The molecule has 0 saturated carbocycles. The van der Waals surface area contributed by atoms with E-state index in [9.17, 15) is 0 Å². The summed E-state index contributed by atoms with van der Waals surface area (Å²) < 4.78 is 1.27. The van der Waals surface area contributed by atoms with Crippen molar-refractivity contribution in [2.75, 3.05) is 0 Å². The van der Waals surface area contributed by atoms with E-state index in [1.165, 1.54) is 25.8 Å². The van der Waals surface area contributed by atoms with Crippen LogP contribution in [-0.4, -0.2) is 0 Å². The molecular weight excluding hydrogens is 435 g/mol. The van der Waals surface area contributed by atoms with Crippen molar-refractivity contribution < 1.29 is 0 Å². The molecule has 0 fully saturated rings. The lowest BCUT2D eigenvalue weighted by atomic mass is 9.89. The van der Waals surface area contributed by atoms with Crippen molar-refractivity contribution in [3.8, 4) is 0 Å². The van der Waals surface area contributed by atoms with Crippen LogP contribution in [0.1, 0.15) is 66.6 Å². The zero-order valence-corrected chi connectivity index (χ0v) is 16.8. The molecule has 0 nitrogen and oxygen atoms in total. The van der Waals surface area contributed by atoms with E-state index in [4.69, 9.17) is 0 Å². The molecule has 0 N–H and O–H groups in total. The fraction of sp³-hybridized carbons (Fsp3) is 0.368. The molecule has 0 aliphatic carbocycles. The summed E-state index contributed by atoms with van der Waals surface area (Å²) in [7, 11) is 0. The molecule has 2 aromatic carbocycles. The smallest absolute Gasteiger partial charge is 0.0647 e. The Kier molecular flexibility index (Phi) is 5.89. The number of hydrogen-bond acceptors (Lipinski definition) is 0. The Balaban J connectivity index is 2.44. The zero-order chi connectivity index (χ0) is 15.6. The minimum absolute atomic E-state index is 0.258. The van der Waals surface area contributed by atoms with Crippen molar-refractivity contribution in [2.45, 2.75) is 44.4 Å². The highest BCUT2D eigenvalue weighted by Crippen LogP contribution is 2.37. The highest BCUT2D eigenvalue weighted by Gasteiger charge is 2.17. The SMILES string of the molecule is CC(C)c1ccc(C(Br)c2ccc(I)cc2)c(C(C)C)c1. The first kappa shape index (κ1) is 17.0. The Morgan fingerprint density at radius 1 is 0.762 bits per heavy atom. The molecule has 112 valence electrons. The Morgan fingerprint density at radius 3 is 1.86 bits per heavy atom. The highest BCUT2D eigenvalue weighted by atomic mass is 127. The molecule has 21 heavy (non-hydrogen) atoms. The Hall–Kier alpha value is -0.350. The Labute approximate surface area is 150 Å². The van der Waals surface area contributed by atoms with Crippen molar-refractivity contribution >= 4 is 38.5 Å². The molecule has 0 bridgehead atoms. The predicted octanol–water partition coefficient (Wildman–Crippen LogP) is 7.02. The van der Waals surface area contributed by atoms with E-state index >= 15 is 0 Å². The monoisotopic (exact) mass is 456 g/mol. The van der Waals surface area contributed by atoms with E-state index in [1.54, 1.807) is 0 Å². The van der Waals surface area contributed by atoms with E-state index in [1.807, 2.05) is 0 Å². The van der Waals surface area contributed by atoms with Gasteiger partial charge in [0, 0.05) is 3.57 Å². The first-order valence-corrected chi connectivity index (χ1v) is 9.43. The summed E-state index contributed by atoms with van der Waals surface area (Å²) >= 11 is 6.25. The summed E-state index contributed by atoms with van der Waals surface area (Å²) in [6.45, 7) is 9.06. The third kappa shape index (κ3) is 4.10. The van der Waals surface area contributed by atoms with Crippen LogP contribution in [0.2, 0.25) is 0 Å². The van der Waals surface area contributed by atoms with Gasteiger partial charge in [0.15, 0.2) is 0 Å². The first-order valence-electron chi connectivity index (χ1n) is 7.43. The van der Waals surface area contributed by atoms with Crippen LogP contribution < -0.4 is 0 Å². The molecule has 0 aromatic heterocycles. The number of halogens is 2. The van der Waals surface area contributed by atoms with Crippen LogP contribution in [0.5, 0.6) is 0 Å². The van der Waals surface area contributed by atoms with Gasteiger partial charge in [0.2, 0.25) is 0 Å². The highest BCUT2D eigenvalue weighted by molar-refractivity contribution is 14.1. The van der Waals surface area contributed by atoms with Gasteiger partial charge in [0.05, 0.1) is 4.83 Å². The first-order chi connectivity index (χ1) is 9.90. The molecule has 2 rings (SSSR count). The van der Waals surface area contributed by atoms with Gasteiger partial charge in [-0.3, -0.25) is 0 Å². The van der Waals surface area contributed by atoms with Crippen LogP contribution in [0.15, 0.2) is 42.5 Å². The van der Waals surface area contributed by atoms with Crippen LogP contribution in [0.25, 0.3) is 0 Å². The van der Waals surface area contributed by atoms with Crippen molar-refractivity contribution in [3.05, 3.63) is 68.3 Å². The fourth-order valence-electron chi connectivity index (χ4n) is 2.49. The number of alkyl halides is 1. The number of hydrogen-bond donors (Lipinski definition) is 0. The Morgan fingerprint density at radius 2 is 1.33 bits per heavy atom. The van der Waals surface area contributed by atoms with Gasteiger partial charge in [-0.2, -0.15) is 0 Å². The molecule has 0 radical (unpaired) electrons. The molecule has 0 aliphatic heterocycles. The third-order valence-electron chi connectivity index (χ3n) is 3.84. The average molecular weight is 457 g/mol. The molecular formula is C19H22BrI. The maximum absolute atomic E-state index is 3.90. The van der Waals surface area contributed by atoms with Crippen molar-refractivity contribution in [3.63, 3.8) is 0 Å². The molecule has 2 aromatic rings. The summed E-state index contributed by atoms with van der Waals surface area (Å²) in [6, 6.07) is 15.7. The van der Waals surface area contributed by atoms with Gasteiger partial charge < -0.3 is 0 Å². The van der Waals surface area contributed by atoms with Crippen molar-refractivity contribution in [2.24, 2.45) is 0 Å². The predicted molar refractivity (Wildman–Crippen MR) is 105 cm³/mol. The van der Waals surface area contributed by atoms with Crippen LogP contribution >= 0.6 is 38.5 Å². The lowest BCUT2D eigenvalue weighted by Gasteiger charge is -2.20. The summed E-state index contributed by atoms with van der Waals surface area (Å²) in [4.78, 5) is 0.258. The quantitative estimate of drug-likeness (QED) is 0.342. The summed E-state index contributed by atoms with van der Waals surface area (Å²) in [6.07, 6.45) is 0. The summed E-state index contributed by atoms with van der Waals surface area (Å²) in [5.41, 5.74) is 5.57. The van der Waals surface area contributed by atoms with Crippen LogP contribution in [0.3, 0.4) is 0 Å². The molecule has 1 atom stereocenters. The lowest BCUT2D eigenvalue weighted by molar-refractivity contribution is 0.820. The van der Waals surface area contributed by atoms with Gasteiger partial charge >= 0.3 is 0 Å². The van der Waals surface area contributed by atoms with Gasteiger partial charge in [0.1, 0.15) is 0 Å². The zero-order valence-electron chi connectivity index (χ0n) is 13.0. The van der Waals surface area contributed by atoms with Gasteiger partial charge in [-0.15, -0.1) is 0 Å². The minimum atomic E-state index is 0.258. The second-order valence-corrected chi connectivity index (χ2v) is 8.27. The number of rotatable bonds is 4. The number of benzene rings is 2. The maximum Gasteiger partial charge on any atom is 0.0647 e. The molecule has 0 amide bonds. The van der Waals surface area contributed by atoms with Crippen molar-refractivity contribution in [1.29, 1.82) is 0 Å². The molecule has 0 aliphatic rings. The standard InChI is InChI=1S/C19H22BrI/c1-12(2)15-7-10-17(18(11-15)13(3)4)19(20)14-5-8-16(21)9-6-14/h5-13,19H,1-4H3. The molecule has 0 heterocycles. The molecule has 0 spiro atoms. The van der Waals surface area contributed by atoms with Gasteiger partial charge in [-0.1, -0.05) is 74.0 Å². The molecule has 1 unspecified atom stereocenters. The van der Waals surface area contributed by atoms with E-state index in [0.717, 1.165) is 0 Å². The molecule has 2 heteroatoms. The summed E-state index contributed by atoms with van der Waals surface area (Å²) in [5.74, 6) is 1.10. The minimum Gasteiger partial charge on any atom is -0.0786 e. The van der Waals surface area contributed by atoms with E-state index in [0.29, 0.717) is 11.8 Å². The van der Waals surface area contributed by atoms with Crippen molar-refractivity contribution in [1.82, 2.24) is 0 Å². The van der Waals surface area contributed by atoms with E-state index < -0.39 is 0 Å². The van der Waals surface area contributed by atoms with Crippen LogP contribution in [0, 0.1) is 3.57 Å². The van der Waals surface area contributed by atoms with Gasteiger partial charge in [-0.25, -0.2) is 0 Å². The van der Waals surface area contributed by atoms with E-state index in [-0.39, 0.29) is 4.83 Å². The summed E-state index contributed by atoms with van der Waals surface area (Å²) in [5, 5.41) is 0. The third-order valence-corrected chi connectivity index (χ3v) is 5.58. The lowest BCUT2D eigenvalue weighted by Crippen LogP contribution is -2.02. The fourth-order valence-corrected chi connectivity index (χ4v) is 3.58. The van der Waals surface area contributed by atoms with E-state index in [2.05, 4.69) is 109 Å². The second kappa shape index (κ2) is 7.28. The Bertz CT molecular complexity index is 599. The van der Waals surface area contributed by atoms with Gasteiger partial charge in [-0.05, 0) is 68.8 Å². The average Bonchev–Trinajstić information content (AvgIpc) is 2.46. The van der Waals surface area contributed by atoms with Gasteiger partial charge in [0.25, 0.3) is 0 Å². The maximum atomic E-state index is 3.90. The van der Waals surface area contributed by atoms with Crippen LogP contribution in [0.4, 0.5) is 0 Å². The second-order valence-electron chi connectivity index (χ2n) is 6.11. The van der Waals surface area contributed by atoms with Crippen LogP contribution in [-0.2, 0) is 0 Å². The normalized spacial score (nSPS) is 13.0. The topological polar surface area (TPSA) is 0 Å². The molecule has 0 saturated heterocycles. The largest absolute Gasteiger partial charge is 0.0786 e.